The lowest BCUT2D eigenvalue weighted by Crippen LogP contribution is -1.96. The summed E-state index contributed by atoms with van der Waals surface area (Å²) in [6, 6.07) is 19.1. The van der Waals surface area contributed by atoms with Gasteiger partial charge in [0.05, 0.1) is 0 Å². The van der Waals surface area contributed by atoms with Gasteiger partial charge in [-0.1, -0.05) is 73.3 Å². The second kappa shape index (κ2) is 6.19. The predicted octanol–water partition coefficient (Wildman–Crippen LogP) is 5.06. The fraction of sp³-hybridized carbons (Fsp3) is 0.158. The van der Waals surface area contributed by atoms with Crippen LogP contribution in [0.15, 0.2) is 73.3 Å². The van der Waals surface area contributed by atoms with Gasteiger partial charge in [-0.3, -0.25) is 0 Å². The molecule has 0 radical (unpaired) electrons. The van der Waals surface area contributed by atoms with E-state index in [1.807, 2.05) is 6.92 Å². The van der Waals surface area contributed by atoms with Crippen molar-refractivity contribution >= 4 is 5.57 Å². The van der Waals surface area contributed by atoms with E-state index in [1.165, 1.54) is 16.7 Å². The number of allylic oxidation sites excluding steroid dienone is 2. The maximum atomic E-state index is 4.14. The minimum absolute atomic E-state index is 1.03. The number of hydrogen-bond donors (Lipinski definition) is 0. The number of benzene rings is 2. The SMILES string of the molecule is C=C(C)C(=C)c1ccccc1CCc1ccccc1. The molecule has 0 heterocycles. The second-order valence-corrected chi connectivity index (χ2v) is 4.90. The molecule has 0 aromatic heterocycles. The Balaban J connectivity index is 2.17. The fourth-order valence-electron chi connectivity index (χ4n) is 2.19. The van der Waals surface area contributed by atoms with Gasteiger partial charge in [-0.15, -0.1) is 0 Å². The van der Waals surface area contributed by atoms with Crippen LogP contribution in [0.1, 0.15) is 23.6 Å². The van der Waals surface area contributed by atoms with Crippen LogP contribution in [0.25, 0.3) is 5.57 Å². The van der Waals surface area contributed by atoms with Gasteiger partial charge in [0.25, 0.3) is 0 Å². The third-order valence-electron chi connectivity index (χ3n) is 3.38. The van der Waals surface area contributed by atoms with Gasteiger partial charge in [0.2, 0.25) is 0 Å². The lowest BCUT2D eigenvalue weighted by atomic mass is 9.93. The summed E-state index contributed by atoms with van der Waals surface area (Å²) in [6.45, 7) is 10.1. The molecule has 0 aliphatic rings. The fourth-order valence-corrected chi connectivity index (χ4v) is 2.19. The molecule has 0 amide bonds. The maximum Gasteiger partial charge on any atom is -0.0155 e. The zero-order valence-electron chi connectivity index (χ0n) is 11.5. The van der Waals surface area contributed by atoms with Crippen LogP contribution in [0.3, 0.4) is 0 Å². The summed E-state index contributed by atoms with van der Waals surface area (Å²) in [5.74, 6) is 0. The molecule has 0 atom stereocenters. The van der Waals surface area contributed by atoms with Crippen molar-refractivity contribution in [1.29, 1.82) is 0 Å². The van der Waals surface area contributed by atoms with Crippen molar-refractivity contribution in [3.05, 3.63) is 90.0 Å². The van der Waals surface area contributed by atoms with Crippen LogP contribution in [-0.2, 0) is 12.8 Å². The zero-order valence-corrected chi connectivity index (χ0v) is 11.5. The van der Waals surface area contributed by atoms with Crippen LogP contribution in [0, 0.1) is 0 Å². The highest BCUT2D eigenvalue weighted by Crippen LogP contribution is 2.24. The molecule has 0 aliphatic carbocycles. The molecule has 0 nitrogen and oxygen atoms in total. The Morgan fingerprint density at radius 1 is 0.842 bits per heavy atom. The van der Waals surface area contributed by atoms with Crippen molar-refractivity contribution in [2.24, 2.45) is 0 Å². The van der Waals surface area contributed by atoms with Crippen molar-refractivity contribution in [2.75, 3.05) is 0 Å². The van der Waals surface area contributed by atoms with Crippen molar-refractivity contribution in [2.45, 2.75) is 19.8 Å². The Labute approximate surface area is 116 Å². The molecule has 0 spiro atoms. The molecule has 0 aliphatic heterocycles. The van der Waals surface area contributed by atoms with E-state index in [9.17, 15) is 0 Å². The van der Waals surface area contributed by atoms with Crippen LogP contribution < -0.4 is 0 Å². The van der Waals surface area contributed by atoms with E-state index in [0.717, 1.165) is 24.0 Å². The molecule has 0 heteroatoms. The summed E-state index contributed by atoms with van der Waals surface area (Å²) in [6.07, 6.45) is 2.09. The topological polar surface area (TPSA) is 0 Å². The first-order valence-electron chi connectivity index (χ1n) is 6.65. The Bertz CT molecular complexity index is 576. The van der Waals surface area contributed by atoms with Crippen LogP contribution in [0.5, 0.6) is 0 Å². The summed E-state index contributed by atoms with van der Waals surface area (Å²) in [5, 5.41) is 0. The molecule has 0 unspecified atom stereocenters. The van der Waals surface area contributed by atoms with Crippen LogP contribution >= 0.6 is 0 Å². The molecule has 0 N–H and O–H groups in total. The van der Waals surface area contributed by atoms with Gasteiger partial charge in [0.1, 0.15) is 0 Å². The Morgan fingerprint density at radius 2 is 1.47 bits per heavy atom. The van der Waals surface area contributed by atoms with Crippen molar-refractivity contribution in [3.63, 3.8) is 0 Å². The largest absolute Gasteiger partial charge is 0.0955 e. The molecule has 0 fully saturated rings. The quantitative estimate of drug-likeness (QED) is 0.649. The van der Waals surface area contributed by atoms with E-state index in [0.29, 0.717) is 0 Å². The second-order valence-electron chi connectivity index (χ2n) is 4.90. The van der Waals surface area contributed by atoms with Crippen molar-refractivity contribution in [1.82, 2.24) is 0 Å². The number of aryl methyl sites for hydroxylation is 2. The Morgan fingerprint density at radius 3 is 2.16 bits per heavy atom. The average Bonchev–Trinajstić information content (AvgIpc) is 2.45. The standard InChI is InChI=1S/C19H20/c1-15(2)16(3)19-12-8-7-11-18(19)14-13-17-9-5-4-6-10-17/h4-12H,1,3,13-14H2,2H3. The summed E-state index contributed by atoms with van der Waals surface area (Å²) >= 11 is 0. The van der Waals surface area contributed by atoms with E-state index >= 15 is 0 Å². The molecule has 19 heavy (non-hydrogen) atoms. The summed E-state index contributed by atoms with van der Waals surface area (Å²) in [5.41, 5.74) is 6.03. The molecule has 0 bridgehead atoms. The van der Waals surface area contributed by atoms with Crippen LogP contribution in [-0.4, -0.2) is 0 Å². The molecule has 96 valence electrons. The van der Waals surface area contributed by atoms with Crippen molar-refractivity contribution in [3.8, 4) is 0 Å². The third-order valence-corrected chi connectivity index (χ3v) is 3.38. The highest BCUT2D eigenvalue weighted by molar-refractivity contribution is 5.77. The van der Waals surface area contributed by atoms with E-state index < -0.39 is 0 Å². The Hall–Kier alpha value is -2.08. The first-order valence-corrected chi connectivity index (χ1v) is 6.65. The van der Waals surface area contributed by atoms with Gasteiger partial charge in [-0.2, -0.15) is 0 Å². The molecule has 0 saturated carbocycles. The molecule has 2 aromatic rings. The summed E-state index contributed by atoms with van der Waals surface area (Å²) < 4.78 is 0. The van der Waals surface area contributed by atoms with Crippen LogP contribution in [0.4, 0.5) is 0 Å². The van der Waals surface area contributed by atoms with Crippen molar-refractivity contribution < 1.29 is 0 Å². The number of hydrogen-bond acceptors (Lipinski definition) is 0. The lowest BCUT2D eigenvalue weighted by Gasteiger charge is -2.12. The van der Waals surface area contributed by atoms with Gasteiger partial charge in [-0.25, -0.2) is 0 Å². The van der Waals surface area contributed by atoms with E-state index in [-0.39, 0.29) is 0 Å². The molecule has 2 rings (SSSR count). The number of rotatable bonds is 5. The van der Waals surface area contributed by atoms with Gasteiger partial charge in [-0.05, 0) is 42.0 Å². The predicted molar refractivity (Wildman–Crippen MR) is 84.1 cm³/mol. The average molecular weight is 248 g/mol. The first-order chi connectivity index (χ1) is 9.18. The monoisotopic (exact) mass is 248 g/mol. The van der Waals surface area contributed by atoms with Gasteiger partial charge in [0, 0.05) is 0 Å². The minimum Gasteiger partial charge on any atom is -0.0955 e. The molecular formula is C19H20. The lowest BCUT2D eigenvalue weighted by molar-refractivity contribution is 0.956. The maximum absolute atomic E-state index is 4.14. The van der Waals surface area contributed by atoms with Gasteiger partial charge < -0.3 is 0 Å². The zero-order chi connectivity index (χ0) is 13.7. The Kier molecular flexibility index (Phi) is 4.35. The van der Waals surface area contributed by atoms with Gasteiger partial charge in [0.15, 0.2) is 0 Å². The van der Waals surface area contributed by atoms with E-state index in [1.54, 1.807) is 0 Å². The minimum atomic E-state index is 1.03. The van der Waals surface area contributed by atoms with Gasteiger partial charge >= 0.3 is 0 Å². The first kappa shape index (κ1) is 13.4. The van der Waals surface area contributed by atoms with E-state index in [4.69, 9.17) is 0 Å². The summed E-state index contributed by atoms with van der Waals surface area (Å²) in [4.78, 5) is 0. The highest BCUT2D eigenvalue weighted by atomic mass is 14.1. The smallest absolute Gasteiger partial charge is 0.0155 e. The third kappa shape index (κ3) is 3.45. The van der Waals surface area contributed by atoms with E-state index in [2.05, 4.69) is 67.8 Å². The molecule has 0 saturated heterocycles. The normalized spacial score (nSPS) is 10.2. The summed E-state index contributed by atoms with van der Waals surface area (Å²) in [7, 11) is 0. The van der Waals surface area contributed by atoms with Crippen LogP contribution in [0.2, 0.25) is 0 Å². The highest BCUT2D eigenvalue weighted by Gasteiger charge is 2.06. The molecule has 2 aromatic carbocycles. The molecular weight excluding hydrogens is 228 g/mol.